The molecule has 0 heterocycles. The minimum Gasteiger partial charge on any atom is -0.384 e. The fraction of sp³-hybridized carbons (Fsp3) is 0.333. The molecular weight excluding hydrogens is 265 g/mol. The number of hydrogen-bond donors (Lipinski definition) is 2. The summed E-state index contributed by atoms with van der Waals surface area (Å²) in [6.45, 7) is 4.34. The van der Waals surface area contributed by atoms with Gasteiger partial charge in [-0.25, -0.2) is 4.39 Å². The highest BCUT2D eigenvalue weighted by Gasteiger charge is 2.23. The fourth-order valence-corrected chi connectivity index (χ4v) is 2.32. The molecule has 2 unspecified atom stereocenters. The van der Waals surface area contributed by atoms with Crippen molar-refractivity contribution in [1.82, 2.24) is 5.32 Å². The fourth-order valence-electron chi connectivity index (χ4n) is 2.32. The van der Waals surface area contributed by atoms with Crippen molar-refractivity contribution in [3.63, 3.8) is 0 Å². The van der Waals surface area contributed by atoms with Crippen molar-refractivity contribution in [2.24, 2.45) is 0 Å². The Morgan fingerprint density at radius 2 is 1.71 bits per heavy atom. The van der Waals surface area contributed by atoms with Crippen LogP contribution in [-0.2, 0) is 12.0 Å². The Morgan fingerprint density at radius 3 is 2.33 bits per heavy atom. The van der Waals surface area contributed by atoms with E-state index in [0.29, 0.717) is 6.54 Å². The van der Waals surface area contributed by atoms with Gasteiger partial charge in [-0.2, -0.15) is 0 Å². The molecule has 0 aliphatic rings. The van der Waals surface area contributed by atoms with E-state index < -0.39 is 5.60 Å². The summed E-state index contributed by atoms with van der Waals surface area (Å²) in [4.78, 5) is 0. The Kier molecular flexibility index (Phi) is 5.10. The molecule has 0 aliphatic carbocycles. The summed E-state index contributed by atoms with van der Waals surface area (Å²) < 4.78 is 12.9. The van der Waals surface area contributed by atoms with Crippen molar-refractivity contribution in [3.05, 3.63) is 71.5 Å². The summed E-state index contributed by atoms with van der Waals surface area (Å²) >= 11 is 0. The van der Waals surface area contributed by atoms with Gasteiger partial charge in [-0.1, -0.05) is 42.5 Å². The van der Waals surface area contributed by atoms with E-state index in [2.05, 4.69) is 12.2 Å². The average Bonchev–Trinajstić information content (AvgIpc) is 2.49. The standard InChI is InChI=1S/C18H22FNO/c1-14(12-15-8-10-17(19)11-9-15)20-13-18(2,21)16-6-4-3-5-7-16/h3-11,14,20-21H,12-13H2,1-2H3. The summed E-state index contributed by atoms with van der Waals surface area (Å²) in [5.74, 6) is -0.216. The zero-order valence-corrected chi connectivity index (χ0v) is 12.5. The van der Waals surface area contributed by atoms with Gasteiger partial charge in [0, 0.05) is 12.6 Å². The van der Waals surface area contributed by atoms with Crippen LogP contribution >= 0.6 is 0 Å². The predicted octanol–water partition coefficient (Wildman–Crippen LogP) is 3.25. The Morgan fingerprint density at radius 1 is 1.10 bits per heavy atom. The first-order valence-corrected chi connectivity index (χ1v) is 7.23. The molecule has 0 amide bonds. The Bertz CT molecular complexity index is 551. The predicted molar refractivity (Wildman–Crippen MR) is 83.6 cm³/mol. The second-order valence-electron chi connectivity index (χ2n) is 5.75. The van der Waals surface area contributed by atoms with Crippen LogP contribution < -0.4 is 5.32 Å². The lowest BCUT2D eigenvalue weighted by Crippen LogP contribution is -2.40. The van der Waals surface area contributed by atoms with Crippen LogP contribution in [0.3, 0.4) is 0 Å². The highest BCUT2D eigenvalue weighted by molar-refractivity contribution is 5.22. The lowest BCUT2D eigenvalue weighted by atomic mass is 9.95. The Labute approximate surface area is 125 Å². The van der Waals surface area contributed by atoms with Gasteiger partial charge in [-0.3, -0.25) is 0 Å². The number of aliphatic hydroxyl groups is 1. The molecule has 0 bridgehead atoms. The van der Waals surface area contributed by atoms with Gasteiger partial charge in [0.1, 0.15) is 5.82 Å². The Balaban J connectivity index is 1.88. The molecule has 0 aliphatic heterocycles. The van der Waals surface area contributed by atoms with Gasteiger partial charge in [0.15, 0.2) is 0 Å². The molecule has 2 aromatic carbocycles. The van der Waals surface area contributed by atoms with Gasteiger partial charge in [-0.15, -0.1) is 0 Å². The molecule has 112 valence electrons. The zero-order valence-electron chi connectivity index (χ0n) is 12.5. The van der Waals surface area contributed by atoms with Crippen LogP contribution in [0.15, 0.2) is 54.6 Å². The van der Waals surface area contributed by atoms with Crippen LogP contribution in [0.5, 0.6) is 0 Å². The van der Waals surface area contributed by atoms with E-state index in [4.69, 9.17) is 0 Å². The van der Waals surface area contributed by atoms with E-state index in [0.717, 1.165) is 17.5 Å². The van der Waals surface area contributed by atoms with E-state index in [1.807, 2.05) is 30.3 Å². The molecule has 0 saturated carbocycles. The molecular formula is C18H22FNO. The lowest BCUT2D eigenvalue weighted by Gasteiger charge is -2.26. The van der Waals surface area contributed by atoms with Crippen molar-refractivity contribution < 1.29 is 9.50 Å². The summed E-state index contributed by atoms with van der Waals surface area (Å²) in [5, 5.41) is 13.9. The molecule has 21 heavy (non-hydrogen) atoms. The summed E-state index contributed by atoms with van der Waals surface area (Å²) in [6.07, 6.45) is 0.797. The SMILES string of the molecule is CC(Cc1ccc(F)cc1)NCC(C)(O)c1ccccc1. The van der Waals surface area contributed by atoms with E-state index >= 15 is 0 Å². The average molecular weight is 287 g/mol. The van der Waals surface area contributed by atoms with Crippen LogP contribution in [0, 0.1) is 5.82 Å². The van der Waals surface area contributed by atoms with Gasteiger partial charge in [-0.05, 0) is 43.5 Å². The zero-order chi connectivity index (χ0) is 15.3. The first kappa shape index (κ1) is 15.7. The second-order valence-corrected chi connectivity index (χ2v) is 5.75. The first-order chi connectivity index (χ1) is 9.97. The third kappa shape index (κ3) is 4.66. The normalized spacial score (nSPS) is 15.4. The molecule has 2 nitrogen and oxygen atoms in total. The quantitative estimate of drug-likeness (QED) is 0.855. The smallest absolute Gasteiger partial charge is 0.123 e. The van der Waals surface area contributed by atoms with Crippen molar-refractivity contribution >= 4 is 0 Å². The number of rotatable bonds is 6. The van der Waals surface area contributed by atoms with E-state index in [-0.39, 0.29) is 11.9 Å². The maximum absolute atomic E-state index is 12.9. The summed E-state index contributed by atoms with van der Waals surface area (Å²) in [7, 11) is 0. The van der Waals surface area contributed by atoms with Crippen LogP contribution in [0.25, 0.3) is 0 Å². The number of benzene rings is 2. The molecule has 0 saturated heterocycles. The third-order valence-electron chi connectivity index (χ3n) is 3.65. The Hall–Kier alpha value is -1.71. The molecule has 2 aromatic rings. The van der Waals surface area contributed by atoms with Gasteiger partial charge in [0.2, 0.25) is 0 Å². The monoisotopic (exact) mass is 287 g/mol. The van der Waals surface area contributed by atoms with Crippen LogP contribution in [0.4, 0.5) is 4.39 Å². The van der Waals surface area contributed by atoms with Crippen LogP contribution in [0.1, 0.15) is 25.0 Å². The topological polar surface area (TPSA) is 32.3 Å². The largest absolute Gasteiger partial charge is 0.384 e. The molecule has 0 spiro atoms. The van der Waals surface area contributed by atoms with E-state index in [1.54, 1.807) is 19.1 Å². The third-order valence-corrected chi connectivity index (χ3v) is 3.65. The molecule has 2 N–H and O–H groups in total. The van der Waals surface area contributed by atoms with Gasteiger partial charge in [0.25, 0.3) is 0 Å². The lowest BCUT2D eigenvalue weighted by molar-refractivity contribution is 0.0544. The maximum atomic E-state index is 12.9. The molecule has 0 aromatic heterocycles. The minimum absolute atomic E-state index is 0.200. The molecule has 3 heteroatoms. The van der Waals surface area contributed by atoms with Gasteiger partial charge < -0.3 is 10.4 Å². The highest BCUT2D eigenvalue weighted by atomic mass is 19.1. The molecule has 2 atom stereocenters. The van der Waals surface area contributed by atoms with Crippen LogP contribution in [-0.4, -0.2) is 17.7 Å². The van der Waals surface area contributed by atoms with Gasteiger partial charge in [0.05, 0.1) is 5.60 Å². The van der Waals surface area contributed by atoms with Crippen molar-refractivity contribution in [1.29, 1.82) is 0 Å². The summed E-state index contributed by atoms with van der Waals surface area (Å²) in [5.41, 5.74) is 1.07. The van der Waals surface area contributed by atoms with Crippen molar-refractivity contribution in [2.45, 2.75) is 31.9 Å². The second kappa shape index (κ2) is 6.83. The number of halogens is 1. The van der Waals surface area contributed by atoms with Crippen LogP contribution in [0.2, 0.25) is 0 Å². The minimum atomic E-state index is -0.904. The van der Waals surface area contributed by atoms with E-state index in [9.17, 15) is 9.50 Å². The molecule has 0 radical (unpaired) electrons. The van der Waals surface area contributed by atoms with E-state index in [1.165, 1.54) is 12.1 Å². The summed E-state index contributed by atoms with van der Waals surface area (Å²) in [6, 6.07) is 16.4. The first-order valence-electron chi connectivity index (χ1n) is 7.23. The number of nitrogens with one attached hydrogen (secondary N) is 1. The van der Waals surface area contributed by atoms with Gasteiger partial charge >= 0.3 is 0 Å². The number of hydrogen-bond acceptors (Lipinski definition) is 2. The molecule has 0 fully saturated rings. The maximum Gasteiger partial charge on any atom is 0.123 e. The van der Waals surface area contributed by atoms with Crippen molar-refractivity contribution in [2.75, 3.05) is 6.54 Å². The highest BCUT2D eigenvalue weighted by Crippen LogP contribution is 2.19. The van der Waals surface area contributed by atoms with Crippen molar-refractivity contribution in [3.8, 4) is 0 Å². The molecule has 2 rings (SSSR count).